The van der Waals surface area contributed by atoms with Gasteiger partial charge in [-0.15, -0.1) is 0 Å². The van der Waals surface area contributed by atoms with E-state index in [-0.39, 0.29) is 5.97 Å². The Morgan fingerprint density at radius 2 is 1.95 bits per heavy atom. The van der Waals surface area contributed by atoms with Crippen LogP contribution in [0.3, 0.4) is 0 Å². The summed E-state index contributed by atoms with van der Waals surface area (Å²) in [4.78, 5) is 12.1. The minimum atomic E-state index is -0.514. The second-order valence-corrected chi connectivity index (χ2v) is 7.58. The average Bonchev–Trinajstić information content (AvgIpc) is 2.48. The van der Waals surface area contributed by atoms with Gasteiger partial charge >= 0.3 is 5.97 Å². The van der Waals surface area contributed by atoms with Crippen molar-refractivity contribution >= 4 is 17.7 Å². The monoisotopic (exact) mass is 315 g/mol. The number of esters is 1. The first-order chi connectivity index (χ1) is 10.1. The maximum atomic E-state index is 12.1. The van der Waals surface area contributed by atoms with Crippen molar-refractivity contribution in [1.82, 2.24) is 5.32 Å². The molecule has 0 spiro atoms. The van der Waals surface area contributed by atoms with Crippen molar-refractivity contribution in [3.8, 4) is 0 Å². The summed E-state index contributed by atoms with van der Waals surface area (Å²) in [5, 5.41) is 4.20. The lowest BCUT2D eigenvalue weighted by Gasteiger charge is -2.28. The van der Waals surface area contributed by atoms with Crippen LogP contribution in [-0.2, 0) is 9.53 Å². The van der Waals surface area contributed by atoms with Crippen molar-refractivity contribution in [1.29, 1.82) is 0 Å². The summed E-state index contributed by atoms with van der Waals surface area (Å²) in [7, 11) is 0. The van der Waals surface area contributed by atoms with Crippen molar-refractivity contribution in [2.24, 2.45) is 0 Å². The molecular weight excluding hydrogens is 282 g/mol. The summed E-state index contributed by atoms with van der Waals surface area (Å²) in [5.74, 6) is 1.13. The summed E-state index contributed by atoms with van der Waals surface area (Å²) < 4.78 is 5.21. The minimum Gasteiger partial charge on any atom is -0.465 e. The maximum absolute atomic E-state index is 12.1. The molecule has 0 bridgehead atoms. The number of nitrogens with one attached hydrogen (secondary N) is 1. The van der Waals surface area contributed by atoms with Gasteiger partial charge in [0.25, 0.3) is 0 Å². The second kappa shape index (κ2) is 10.5. The highest BCUT2D eigenvalue weighted by molar-refractivity contribution is 7.99. The molecule has 0 aromatic heterocycles. The average molecular weight is 316 g/mol. The van der Waals surface area contributed by atoms with E-state index in [4.69, 9.17) is 4.74 Å². The van der Waals surface area contributed by atoms with Crippen LogP contribution in [0, 0.1) is 0 Å². The molecule has 0 saturated heterocycles. The highest BCUT2D eigenvalue weighted by Crippen LogP contribution is 2.29. The van der Waals surface area contributed by atoms with Gasteiger partial charge in [0.15, 0.2) is 0 Å². The first-order valence-corrected chi connectivity index (χ1v) is 9.71. The molecule has 0 aliphatic heterocycles. The van der Waals surface area contributed by atoms with Gasteiger partial charge < -0.3 is 10.1 Å². The summed E-state index contributed by atoms with van der Waals surface area (Å²) >= 11 is 2.14. The molecule has 4 heteroatoms. The molecule has 1 rings (SSSR count). The Morgan fingerprint density at radius 3 is 2.57 bits per heavy atom. The van der Waals surface area contributed by atoms with Crippen LogP contribution in [0.25, 0.3) is 0 Å². The smallest absolute Gasteiger partial charge is 0.326 e. The van der Waals surface area contributed by atoms with E-state index < -0.39 is 5.54 Å². The Balaban J connectivity index is 2.21. The molecule has 1 unspecified atom stereocenters. The van der Waals surface area contributed by atoms with Crippen LogP contribution in [0.5, 0.6) is 0 Å². The number of ether oxygens (including phenoxy) is 1. The largest absolute Gasteiger partial charge is 0.465 e. The van der Waals surface area contributed by atoms with Crippen molar-refractivity contribution in [2.75, 3.05) is 18.9 Å². The van der Waals surface area contributed by atoms with Gasteiger partial charge in [-0.25, -0.2) is 0 Å². The van der Waals surface area contributed by atoms with Crippen LogP contribution in [0.2, 0.25) is 0 Å². The molecule has 0 amide bonds. The molecule has 21 heavy (non-hydrogen) atoms. The quantitative estimate of drug-likeness (QED) is 0.485. The molecule has 1 fully saturated rings. The highest BCUT2D eigenvalue weighted by Gasteiger charge is 2.32. The van der Waals surface area contributed by atoms with E-state index in [0.29, 0.717) is 6.61 Å². The van der Waals surface area contributed by atoms with Crippen LogP contribution >= 0.6 is 11.8 Å². The van der Waals surface area contributed by atoms with Crippen LogP contribution in [0.1, 0.15) is 72.1 Å². The predicted octanol–water partition coefficient (Wildman–Crippen LogP) is 4.15. The van der Waals surface area contributed by atoms with E-state index in [2.05, 4.69) is 17.1 Å². The van der Waals surface area contributed by atoms with Crippen molar-refractivity contribution in [2.45, 2.75) is 82.9 Å². The summed E-state index contributed by atoms with van der Waals surface area (Å²) in [6, 6.07) is 0. The molecule has 0 aromatic carbocycles. The van der Waals surface area contributed by atoms with E-state index >= 15 is 0 Å². The SMILES string of the molecule is CCNC(C)(CCCCSC1CCCCC1)C(=O)OCC. The number of hydrogen-bond donors (Lipinski definition) is 1. The normalized spacial score (nSPS) is 19.2. The van der Waals surface area contributed by atoms with Gasteiger partial charge in [0.1, 0.15) is 5.54 Å². The Bertz CT molecular complexity index is 293. The lowest BCUT2D eigenvalue weighted by atomic mass is 9.95. The first kappa shape index (κ1) is 18.8. The number of hydrogen-bond acceptors (Lipinski definition) is 4. The molecule has 1 aliphatic rings. The second-order valence-electron chi connectivity index (χ2n) is 6.17. The van der Waals surface area contributed by atoms with E-state index in [9.17, 15) is 4.79 Å². The van der Waals surface area contributed by atoms with Gasteiger partial charge in [0.2, 0.25) is 0 Å². The van der Waals surface area contributed by atoms with Crippen LogP contribution < -0.4 is 5.32 Å². The molecule has 1 N–H and O–H groups in total. The fraction of sp³-hybridized carbons (Fsp3) is 0.941. The van der Waals surface area contributed by atoms with Crippen molar-refractivity contribution in [3.05, 3.63) is 0 Å². The topological polar surface area (TPSA) is 38.3 Å². The molecule has 1 saturated carbocycles. The Labute approximate surface area is 135 Å². The maximum Gasteiger partial charge on any atom is 0.326 e. The molecule has 0 radical (unpaired) electrons. The number of rotatable bonds is 10. The zero-order valence-corrected chi connectivity index (χ0v) is 14.9. The van der Waals surface area contributed by atoms with Gasteiger partial charge in [0.05, 0.1) is 6.61 Å². The molecular formula is C17H33NO2S. The minimum absolute atomic E-state index is 0.105. The van der Waals surface area contributed by atoms with Gasteiger partial charge in [-0.3, -0.25) is 4.79 Å². The van der Waals surface area contributed by atoms with E-state index in [1.165, 1.54) is 44.3 Å². The van der Waals surface area contributed by atoms with Crippen molar-refractivity contribution in [3.63, 3.8) is 0 Å². The zero-order chi connectivity index (χ0) is 15.6. The fourth-order valence-electron chi connectivity index (χ4n) is 3.01. The zero-order valence-electron chi connectivity index (χ0n) is 14.1. The van der Waals surface area contributed by atoms with Crippen LogP contribution in [0.4, 0.5) is 0 Å². The predicted molar refractivity (Wildman–Crippen MR) is 91.9 cm³/mol. The van der Waals surface area contributed by atoms with Gasteiger partial charge in [-0.05, 0) is 51.8 Å². The fourth-order valence-corrected chi connectivity index (χ4v) is 4.38. The summed E-state index contributed by atoms with van der Waals surface area (Å²) in [6.45, 7) is 7.13. The molecule has 3 nitrogen and oxygen atoms in total. The summed E-state index contributed by atoms with van der Waals surface area (Å²) in [5.41, 5.74) is -0.514. The number of carbonyl (C=O) groups is 1. The molecule has 1 aliphatic carbocycles. The number of carbonyl (C=O) groups excluding carboxylic acids is 1. The Kier molecular flexibility index (Phi) is 9.41. The third-order valence-electron chi connectivity index (χ3n) is 4.27. The Morgan fingerprint density at radius 1 is 1.24 bits per heavy atom. The van der Waals surface area contributed by atoms with E-state index in [0.717, 1.165) is 24.6 Å². The number of unbranched alkanes of at least 4 members (excludes halogenated alkanes) is 1. The molecule has 0 heterocycles. The van der Waals surface area contributed by atoms with Gasteiger partial charge in [-0.2, -0.15) is 11.8 Å². The lowest BCUT2D eigenvalue weighted by Crippen LogP contribution is -2.50. The summed E-state index contributed by atoms with van der Waals surface area (Å²) in [6.07, 6.45) is 10.2. The molecule has 1 atom stereocenters. The standard InChI is InChI=1S/C17H33NO2S/c1-4-18-17(3,16(19)20-5-2)13-9-10-14-21-15-11-7-6-8-12-15/h15,18H,4-14H2,1-3H3. The van der Waals surface area contributed by atoms with Gasteiger partial charge in [0, 0.05) is 5.25 Å². The van der Waals surface area contributed by atoms with Gasteiger partial charge in [-0.1, -0.05) is 32.6 Å². The third-order valence-corrected chi connectivity index (χ3v) is 5.74. The first-order valence-electron chi connectivity index (χ1n) is 8.66. The van der Waals surface area contributed by atoms with Crippen molar-refractivity contribution < 1.29 is 9.53 Å². The highest BCUT2D eigenvalue weighted by atomic mass is 32.2. The number of thioether (sulfide) groups is 1. The molecule has 0 aromatic rings. The van der Waals surface area contributed by atoms with E-state index in [1.807, 2.05) is 20.8 Å². The lowest BCUT2D eigenvalue weighted by molar-refractivity contribution is -0.150. The third kappa shape index (κ3) is 7.05. The Hall–Kier alpha value is -0.220. The van der Waals surface area contributed by atoms with E-state index in [1.54, 1.807) is 0 Å². The van der Waals surface area contributed by atoms with Crippen LogP contribution in [0.15, 0.2) is 0 Å². The number of likely N-dealkylation sites (N-methyl/N-ethyl adjacent to an activating group) is 1. The molecule has 124 valence electrons. The van der Waals surface area contributed by atoms with Crippen LogP contribution in [-0.4, -0.2) is 35.7 Å².